The van der Waals surface area contributed by atoms with E-state index in [0.717, 1.165) is 19.3 Å². The number of carbonyl (C=O) groups excluding carboxylic acids is 1. The molecule has 0 aromatic rings. The fourth-order valence-electron chi connectivity index (χ4n) is 2.58. The molecule has 0 aromatic heterocycles. The molecule has 0 spiro atoms. The van der Waals surface area contributed by atoms with Crippen molar-refractivity contribution < 1.29 is 18.0 Å². The highest BCUT2D eigenvalue weighted by molar-refractivity contribution is 5.81. The molecular weight excluding hydrogens is 243 g/mol. The first-order valence-corrected chi connectivity index (χ1v) is 6.54. The van der Waals surface area contributed by atoms with E-state index in [0.29, 0.717) is 18.8 Å². The number of hydrogen-bond acceptors (Lipinski definition) is 1. The summed E-state index contributed by atoms with van der Waals surface area (Å²) in [5.41, 5.74) is 0.235. The summed E-state index contributed by atoms with van der Waals surface area (Å²) in [5.74, 6) is -1.26. The van der Waals surface area contributed by atoms with Crippen molar-refractivity contribution in [3.05, 3.63) is 0 Å². The second-order valence-electron chi connectivity index (χ2n) is 5.86. The quantitative estimate of drug-likeness (QED) is 0.829. The highest BCUT2D eigenvalue weighted by Crippen LogP contribution is 2.40. The van der Waals surface area contributed by atoms with Crippen molar-refractivity contribution in [2.75, 3.05) is 0 Å². The molecule has 0 bridgehead atoms. The summed E-state index contributed by atoms with van der Waals surface area (Å²) in [6, 6.07) is -0.317. The van der Waals surface area contributed by atoms with Crippen LogP contribution in [0.5, 0.6) is 0 Å². The Balaban J connectivity index is 2.43. The van der Waals surface area contributed by atoms with Gasteiger partial charge in [-0.2, -0.15) is 13.2 Å². The molecule has 106 valence electrons. The van der Waals surface area contributed by atoms with Crippen LogP contribution in [0.1, 0.15) is 52.9 Å². The van der Waals surface area contributed by atoms with E-state index >= 15 is 0 Å². The smallest absolute Gasteiger partial charge is 0.346 e. The number of amides is 1. The van der Waals surface area contributed by atoms with Gasteiger partial charge >= 0.3 is 12.1 Å². The van der Waals surface area contributed by atoms with Gasteiger partial charge in [-0.25, -0.2) is 0 Å². The number of hydrogen-bond donors (Lipinski definition) is 1. The van der Waals surface area contributed by atoms with Crippen LogP contribution in [0.4, 0.5) is 13.2 Å². The van der Waals surface area contributed by atoms with Crippen LogP contribution in [-0.4, -0.2) is 18.1 Å². The lowest BCUT2D eigenvalue weighted by atomic mass is 9.69. The van der Waals surface area contributed by atoms with E-state index in [-0.39, 0.29) is 11.5 Å². The van der Waals surface area contributed by atoms with Crippen LogP contribution in [0.3, 0.4) is 0 Å². The minimum absolute atomic E-state index is 0.235. The molecule has 1 fully saturated rings. The molecule has 1 rings (SSSR count). The number of alkyl halides is 3. The zero-order chi connectivity index (χ0) is 14.0. The van der Waals surface area contributed by atoms with Crippen molar-refractivity contribution in [3.63, 3.8) is 0 Å². The zero-order valence-electron chi connectivity index (χ0n) is 11.2. The highest BCUT2D eigenvalue weighted by Gasteiger charge is 2.40. The van der Waals surface area contributed by atoms with Crippen LogP contribution in [0.2, 0.25) is 0 Å². The van der Waals surface area contributed by atoms with Gasteiger partial charge in [0, 0.05) is 6.04 Å². The zero-order valence-corrected chi connectivity index (χ0v) is 11.2. The first-order valence-electron chi connectivity index (χ1n) is 6.54. The van der Waals surface area contributed by atoms with Gasteiger partial charge in [0.1, 0.15) is 0 Å². The third kappa shape index (κ3) is 3.89. The van der Waals surface area contributed by atoms with Crippen molar-refractivity contribution in [1.82, 2.24) is 5.32 Å². The molecule has 1 aliphatic carbocycles. The molecule has 18 heavy (non-hydrogen) atoms. The van der Waals surface area contributed by atoms with Gasteiger partial charge in [-0.1, -0.05) is 27.2 Å². The van der Waals surface area contributed by atoms with E-state index in [1.165, 1.54) is 0 Å². The standard InChI is InChI=1S/C13H22F3NO/c1-4-12(2,3)9-5-7-10(8-6-9)17-11(18)13(14,15)16/h9-10H,4-8H2,1-3H3,(H,17,18). The Morgan fingerprint density at radius 1 is 1.17 bits per heavy atom. The Kier molecular flexibility index (Phi) is 4.67. The molecular formula is C13H22F3NO. The summed E-state index contributed by atoms with van der Waals surface area (Å²) in [5, 5.41) is 2.08. The summed E-state index contributed by atoms with van der Waals surface area (Å²) in [7, 11) is 0. The van der Waals surface area contributed by atoms with Gasteiger partial charge < -0.3 is 5.32 Å². The third-order valence-electron chi connectivity index (χ3n) is 4.34. The van der Waals surface area contributed by atoms with E-state index in [1.807, 2.05) is 0 Å². The number of halogens is 3. The van der Waals surface area contributed by atoms with Crippen LogP contribution >= 0.6 is 0 Å². The van der Waals surface area contributed by atoms with E-state index < -0.39 is 12.1 Å². The molecule has 0 heterocycles. The summed E-state index contributed by atoms with van der Waals surface area (Å²) in [6.07, 6.45) is -0.615. The van der Waals surface area contributed by atoms with Gasteiger partial charge in [0.25, 0.3) is 0 Å². The minimum Gasteiger partial charge on any atom is -0.346 e. The van der Waals surface area contributed by atoms with E-state index in [9.17, 15) is 18.0 Å². The third-order valence-corrected chi connectivity index (χ3v) is 4.34. The molecule has 0 unspecified atom stereocenters. The number of nitrogens with one attached hydrogen (secondary N) is 1. The fraction of sp³-hybridized carbons (Fsp3) is 0.923. The lowest BCUT2D eigenvalue weighted by Gasteiger charge is -2.39. The Labute approximate surface area is 106 Å². The number of rotatable bonds is 3. The molecule has 1 N–H and O–H groups in total. The minimum atomic E-state index is -4.76. The second kappa shape index (κ2) is 5.49. The molecule has 0 aromatic carbocycles. The molecule has 1 amide bonds. The largest absolute Gasteiger partial charge is 0.471 e. The average Bonchev–Trinajstić information content (AvgIpc) is 2.28. The van der Waals surface area contributed by atoms with Crippen LogP contribution in [0.25, 0.3) is 0 Å². The fourth-order valence-corrected chi connectivity index (χ4v) is 2.58. The average molecular weight is 265 g/mol. The van der Waals surface area contributed by atoms with Crippen molar-refractivity contribution in [1.29, 1.82) is 0 Å². The summed E-state index contributed by atoms with van der Waals surface area (Å²) in [4.78, 5) is 10.8. The van der Waals surface area contributed by atoms with Gasteiger partial charge in [-0.15, -0.1) is 0 Å². The van der Waals surface area contributed by atoms with E-state index in [4.69, 9.17) is 0 Å². The molecule has 2 nitrogen and oxygen atoms in total. The molecule has 1 aliphatic rings. The van der Waals surface area contributed by atoms with Crippen LogP contribution in [-0.2, 0) is 4.79 Å². The lowest BCUT2D eigenvalue weighted by Crippen LogP contribution is -2.45. The summed E-state index contributed by atoms with van der Waals surface area (Å²) in [6.45, 7) is 6.54. The maximum absolute atomic E-state index is 12.1. The van der Waals surface area contributed by atoms with Gasteiger partial charge in [-0.05, 0) is 37.0 Å². The topological polar surface area (TPSA) is 29.1 Å². The SMILES string of the molecule is CCC(C)(C)C1CCC(NC(=O)C(F)(F)F)CC1. The molecule has 5 heteroatoms. The molecule has 0 radical (unpaired) electrons. The lowest BCUT2D eigenvalue weighted by molar-refractivity contribution is -0.174. The van der Waals surface area contributed by atoms with Crippen LogP contribution < -0.4 is 5.32 Å². The van der Waals surface area contributed by atoms with Gasteiger partial charge in [-0.3, -0.25) is 4.79 Å². The van der Waals surface area contributed by atoms with Gasteiger partial charge in [0.05, 0.1) is 0 Å². The Bertz CT molecular complexity index is 291. The molecule has 1 saturated carbocycles. The molecule has 0 aliphatic heterocycles. The summed E-state index contributed by atoms with van der Waals surface area (Å²) >= 11 is 0. The maximum atomic E-state index is 12.1. The van der Waals surface area contributed by atoms with Gasteiger partial charge in [0.2, 0.25) is 0 Å². The predicted molar refractivity (Wildman–Crippen MR) is 64.0 cm³/mol. The van der Waals surface area contributed by atoms with E-state index in [2.05, 4.69) is 26.1 Å². The molecule has 0 saturated heterocycles. The monoisotopic (exact) mass is 265 g/mol. The Hall–Kier alpha value is -0.740. The van der Waals surface area contributed by atoms with Crippen molar-refractivity contribution in [3.8, 4) is 0 Å². The van der Waals surface area contributed by atoms with Crippen molar-refractivity contribution in [2.24, 2.45) is 11.3 Å². The first-order chi connectivity index (χ1) is 8.16. The normalized spacial score (nSPS) is 25.9. The maximum Gasteiger partial charge on any atom is 0.471 e. The number of carbonyl (C=O) groups is 1. The first kappa shape index (κ1) is 15.3. The van der Waals surface area contributed by atoms with Crippen molar-refractivity contribution in [2.45, 2.75) is 65.1 Å². The summed E-state index contributed by atoms with van der Waals surface area (Å²) < 4.78 is 36.3. The van der Waals surface area contributed by atoms with E-state index in [1.54, 1.807) is 0 Å². The molecule has 0 atom stereocenters. The van der Waals surface area contributed by atoms with Crippen LogP contribution in [0, 0.1) is 11.3 Å². The highest BCUT2D eigenvalue weighted by atomic mass is 19.4. The second-order valence-corrected chi connectivity index (χ2v) is 5.86. The Morgan fingerprint density at radius 3 is 2.06 bits per heavy atom. The Morgan fingerprint density at radius 2 is 1.67 bits per heavy atom. The van der Waals surface area contributed by atoms with Crippen LogP contribution in [0.15, 0.2) is 0 Å². The predicted octanol–water partition coefficient (Wildman–Crippen LogP) is 3.66. The van der Waals surface area contributed by atoms with Gasteiger partial charge in [0.15, 0.2) is 0 Å². The van der Waals surface area contributed by atoms with Crippen molar-refractivity contribution >= 4 is 5.91 Å².